The number of rotatable bonds is 6. The van der Waals surface area contributed by atoms with E-state index < -0.39 is 7.14 Å². The third kappa shape index (κ3) is 1.81. The van der Waals surface area contributed by atoms with E-state index >= 15 is 0 Å². The maximum absolute atomic E-state index is 13.5. The van der Waals surface area contributed by atoms with Crippen LogP contribution in [-0.2, 0) is 4.57 Å². The monoisotopic (exact) mass is 257 g/mol. The molecule has 0 spiro atoms. The van der Waals surface area contributed by atoms with Crippen LogP contribution in [0.15, 0.2) is 0 Å². The maximum atomic E-state index is 13.5. The van der Waals surface area contributed by atoms with E-state index in [0.29, 0.717) is 17.3 Å². The molecule has 0 N–H and O–H groups in total. The van der Waals surface area contributed by atoms with Gasteiger partial charge in [-0.15, -0.1) is 0 Å². The molecule has 3 aliphatic heterocycles. The van der Waals surface area contributed by atoms with Crippen molar-refractivity contribution in [3.05, 3.63) is 0 Å². The fourth-order valence-corrected chi connectivity index (χ4v) is 7.86. The van der Waals surface area contributed by atoms with Crippen molar-refractivity contribution >= 4 is 7.14 Å². The first-order valence-electron chi connectivity index (χ1n) is 6.98. The van der Waals surface area contributed by atoms with Gasteiger partial charge in [0.2, 0.25) is 0 Å². The highest BCUT2D eigenvalue weighted by atomic mass is 31.2. The molecule has 3 fully saturated rings. The Morgan fingerprint density at radius 2 is 1.12 bits per heavy atom. The average molecular weight is 257 g/mol. The largest absolute Gasteiger partial charge is 0.318 e. The Morgan fingerprint density at radius 1 is 0.824 bits per heavy atom. The molecule has 6 atom stereocenters. The fourth-order valence-electron chi connectivity index (χ4n) is 3.25. The van der Waals surface area contributed by atoms with Crippen LogP contribution >= 0.6 is 7.14 Å². The summed E-state index contributed by atoms with van der Waals surface area (Å²) in [6.45, 7) is 13.0. The van der Waals surface area contributed by atoms with E-state index in [1.165, 1.54) is 0 Å². The van der Waals surface area contributed by atoms with E-state index in [-0.39, 0.29) is 0 Å². The van der Waals surface area contributed by atoms with Gasteiger partial charge in [-0.3, -0.25) is 14.7 Å². The van der Waals surface area contributed by atoms with Gasteiger partial charge in [0, 0.05) is 19.6 Å². The van der Waals surface area contributed by atoms with Crippen molar-refractivity contribution in [2.45, 2.75) is 38.1 Å². The van der Waals surface area contributed by atoms with Crippen molar-refractivity contribution in [3.63, 3.8) is 0 Å². The molecule has 0 aliphatic carbocycles. The first-order chi connectivity index (χ1) is 8.16. The van der Waals surface area contributed by atoms with Crippen molar-refractivity contribution in [3.8, 4) is 0 Å². The van der Waals surface area contributed by atoms with E-state index in [2.05, 4.69) is 35.5 Å². The minimum atomic E-state index is -2.04. The number of hydrogen-bond acceptors (Lipinski definition) is 4. The van der Waals surface area contributed by atoms with E-state index in [4.69, 9.17) is 0 Å². The highest BCUT2D eigenvalue weighted by Crippen LogP contribution is 2.72. The molecular weight excluding hydrogens is 233 g/mol. The molecule has 0 amide bonds. The second-order valence-corrected chi connectivity index (χ2v) is 8.78. The summed E-state index contributed by atoms with van der Waals surface area (Å²) in [5.74, 6) is 1.24. The molecular formula is C12H24N3OP. The van der Waals surface area contributed by atoms with Gasteiger partial charge in [-0.1, -0.05) is 20.8 Å². The topological polar surface area (TPSA) is 26.1 Å². The molecule has 3 rings (SSSR count). The van der Waals surface area contributed by atoms with Crippen LogP contribution in [0, 0.1) is 0 Å². The third-order valence-corrected chi connectivity index (χ3v) is 8.94. The summed E-state index contributed by atoms with van der Waals surface area (Å²) in [5, 5.41) is 0. The molecule has 5 heteroatoms. The van der Waals surface area contributed by atoms with Gasteiger partial charge < -0.3 is 4.57 Å². The van der Waals surface area contributed by atoms with Crippen LogP contribution < -0.4 is 0 Å². The third-order valence-electron chi connectivity index (χ3n) is 4.67. The van der Waals surface area contributed by atoms with Gasteiger partial charge in [0.15, 0.2) is 0 Å². The van der Waals surface area contributed by atoms with Gasteiger partial charge in [-0.25, -0.2) is 0 Å². The smallest absolute Gasteiger partial charge is 0.140 e. The lowest BCUT2D eigenvalue weighted by Crippen LogP contribution is -2.16. The van der Waals surface area contributed by atoms with Gasteiger partial charge in [0.1, 0.15) is 7.14 Å². The second kappa shape index (κ2) is 4.06. The lowest BCUT2D eigenvalue weighted by atomic mass is 10.8. The van der Waals surface area contributed by atoms with Gasteiger partial charge in [0.25, 0.3) is 0 Å². The van der Waals surface area contributed by atoms with Crippen molar-refractivity contribution < 1.29 is 4.57 Å². The molecule has 0 radical (unpaired) electrons. The van der Waals surface area contributed by atoms with Crippen LogP contribution in [0.1, 0.15) is 20.8 Å². The fraction of sp³-hybridized carbons (Fsp3) is 1.00. The average Bonchev–Trinajstić information content (AvgIpc) is 3.25. The lowest BCUT2D eigenvalue weighted by molar-refractivity contribution is 0.504. The second-order valence-electron chi connectivity index (χ2n) is 5.47. The summed E-state index contributed by atoms with van der Waals surface area (Å²) in [5.41, 5.74) is 0. The summed E-state index contributed by atoms with van der Waals surface area (Å²) in [4.78, 5) is 7.16. The van der Waals surface area contributed by atoms with E-state index in [1.807, 2.05) is 0 Å². The molecule has 3 saturated heterocycles. The van der Waals surface area contributed by atoms with Crippen molar-refractivity contribution in [2.24, 2.45) is 0 Å². The van der Waals surface area contributed by atoms with Crippen LogP contribution in [-0.4, -0.2) is 71.3 Å². The summed E-state index contributed by atoms with van der Waals surface area (Å²) in [6, 6.07) is 0. The minimum absolute atomic E-state index is 0.413. The normalized spacial score (nSPS) is 50.8. The van der Waals surface area contributed by atoms with Crippen molar-refractivity contribution in [1.29, 1.82) is 0 Å². The molecule has 3 heterocycles. The Morgan fingerprint density at radius 3 is 1.29 bits per heavy atom. The molecule has 6 unspecified atom stereocenters. The standard InChI is InChI=1S/C12H24N3OP/c1-4-13-7-10(13)17(16,11-8-14(11)5-2)12-9-15(12)6-3/h10-12H,4-9H2,1-3H3. The number of hydrogen-bond donors (Lipinski definition) is 0. The Labute approximate surface area is 104 Å². The molecule has 0 bridgehead atoms. The Kier molecular flexibility index (Phi) is 2.90. The van der Waals surface area contributed by atoms with Crippen molar-refractivity contribution in [2.75, 3.05) is 39.3 Å². The Hall–Kier alpha value is 0.110. The lowest BCUT2D eigenvalue weighted by Gasteiger charge is -2.18. The van der Waals surface area contributed by atoms with Crippen LogP contribution in [0.4, 0.5) is 0 Å². The summed E-state index contributed by atoms with van der Waals surface area (Å²) in [7, 11) is -2.04. The van der Waals surface area contributed by atoms with E-state index in [0.717, 1.165) is 39.3 Å². The van der Waals surface area contributed by atoms with Gasteiger partial charge in [0.05, 0.1) is 17.3 Å². The highest BCUT2D eigenvalue weighted by molar-refractivity contribution is 7.67. The molecule has 98 valence electrons. The predicted octanol–water partition coefficient (Wildman–Crippen LogP) is 1.33. The maximum Gasteiger partial charge on any atom is 0.140 e. The first kappa shape index (κ1) is 12.2. The Bertz CT molecular complexity index is 309. The predicted molar refractivity (Wildman–Crippen MR) is 70.7 cm³/mol. The summed E-state index contributed by atoms with van der Waals surface area (Å²) in [6.07, 6.45) is 0. The molecule has 4 nitrogen and oxygen atoms in total. The van der Waals surface area contributed by atoms with Crippen LogP contribution in [0.2, 0.25) is 0 Å². The van der Waals surface area contributed by atoms with Crippen LogP contribution in [0.3, 0.4) is 0 Å². The summed E-state index contributed by atoms with van der Waals surface area (Å²) >= 11 is 0. The van der Waals surface area contributed by atoms with E-state index in [1.54, 1.807) is 0 Å². The summed E-state index contributed by atoms with van der Waals surface area (Å²) < 4.78 is 13.5. The molecule has 3 aliphatic rings. The Balaban J connectivity index is 1.76. The zero-order valence-corrected chi connectivity index (χ0v) is 12.1. The van der Waals surface area contributed by atoms with Gasteiger partial charge >= 0.3 is 0 Å². The van der Waals surface area contributed by atoms with Crippen LogP contribution in [0.5, 0.6) is 0 Å². The number of likely N-dealkylation sites (N-methyl/N-ethyl adjacent to an activating group) is 3. The number of nitrogens with zero attached hydrogens (tertiary/aromatic N) is 3. The van der Waals surface area contributed by atoms with Crippen LogP contribution in [0.25, 0.3) is 0 Å². The zero-order chi connectivity index (χ0) is 12.2. The molecule has 17 heavy (non-hydrogen) atoms. The molecule has 0 aromatic heterocycles. The highest BCUT2D eigenvalue weighted by Gasteiger charge is 2.65. The van der Waals surface area contributed by atoms with E-state index in [9.17, 15) is 4.57 Å². The zero-order valence-electron chi connectivity index (χ0n) is 11.2. The van der Waals surface area contributed by atoms with Crippen molar-refractivity contribution in [1.82, 2.24) is 14.7 Å². The quantitative estimate of drug-likeness (QED) is 0.530. The van der Waals surface area contributed by atoms with Gasteiger partial charge in [-0.05, 0) is 19.6 Å². The van der Waals surface area contributed by atoms with Gasteiger partial charge in [-0.2, -0.15) is 0 Å². The minimum Gasteiger partial charge on any atom is -0.318 e. The molecule has 0 aromatic carbocycles. The first-order valence-corrected chi connectivity index (χ1v) is 8.89. The SMILES string of the molecule is CCN1CC1P(=O)(C1CN1CC)C1CN1CC. The molecule has 0 saturated carbocycles. The molecule has 0 aromatic rings.